The Bertz CT molecular complexity index is 1260. The second-order valence-electron chi connectivity index (χ2n) is 7.73. The summed E-state index contributed by atoms with van der Waals surface area (Å²) in [5.41, 5.74) is 4.69. The Labute approximate surface area is 203 Å². The summed E-state index contributed by atoms with van der Waals surface area (Å²) in [6, 6.07) is 27.1. The Kier molecular flexibility index (Phi) is 7.06. The van der Waals surface area contributed by atoms with Crippen molar-refractivity contribution in [1.82, 2.24) is 15.0 Å². The molecule has 176 valence electrons. The van der Waals surface area contributed by atoms with Crippen molar-refractivity contribution in [2.75, 3.05) is 41.9 Å². The van der Waals surface area contributed by atoms with Crippen LogP contribution in [0.15, 0.2) is 90.0 Å². The number of anilines is 4. The lowest BCUT2D eigenvalue weighted by atomic mass is 10.2. The van der Waals surface area contributed by atoms with Crippen molar-refractivity contribution in [3.63, 3.8) is 0 Å². The molecule has 0 atom stereocenters. The number of ether oxygens (including phenoxy) is 2. The van der Waals surface area contributed by atoms with E-state index in [0.717, 1.165) is 22.7 Å². The van der Waals surface area contributed by atoms with Gasteiger partial charge in [-0.3, -0.25) is 0 Å². The van der Waals surface area contributed by atoms with Gasteiger partial charge in [0.1, 0.15) is 11.5 Å². The molecular formula is C26H25N7O2. The molecule has 0 bridgehead atoms. The van der Waals surface area contributed by atoms with Gasteiger partial charge in [0.15, 0.2) is 0 Å². The third-order valence-corrected chi connectivity index (χ3v) is 5.16. The standard InChI is InChI=1S/C26H25N7O2/c1-3-9-21(10-4-1)28-24-29-25(31-26(30-24)33-14-16-34-17-15-33)32-27-19-20-8-7-13-23(18-20)35-22-11-5-2-6-12-22/h1-13,18-19H,14-17H2,(H2,28,29,30,31,32)/b27-19+. The molecule has 2 heterocycles. The molecule has 1 fully saturated rings. The monoisotopic (exact) mass is 467 g/mol. The summed E-state index contributed by atoms with van der Waals surface area (Å²) in [6.45, 7) is 2.70. The van der Waals surface area contributed by atoms with Gasteiger partial charge in [0.05, 0.1) is 19.4 Å². The van der Waals surface area contributed by atoms with E-state index in [2.05, 4.69) is 35.7 Å². The lowest BCUT2D eigenvalue weighted by molar-refractivity contribution is 0.122. The number of benzene rings is 3. The molecule has 1 saturated heterocycles. The van der Waals surface area contributed by atoms with E-state index in [4.69, 9.17) is 9.47 Å². The van der Waals surface area contributed by atoms with Gasteiger partial charge in [-0.2, -0.15) is 20.1 Å². The molecule has 1 aromatic heterocycles. The minimum absolute atomic E-state index is 0.341. The lowest BCUT2D eigenvalue weighted by Crippen LogP contribution is -2.37. The number of nitrogens with one attached hydrogen (secondary N) is 2. The highest BCUT2D eigenvalue weighted by Gasteiger charge is 2.16. The maximum absolute atomic E-state index is 5.90. The van der Waals surface area contributed by atoms with E-state index in [0.29, 0.717) is 44.1 Å². The van der Waals surface area contributed by atoms with Gasteiger partial charge in [-0.05, 0) is 42.0 Å². The van der Waals surface area contributed by atoms with Crippen LogP contribution in [0.3, 0.4) is 0 Å². The van der Waals surface area contributed by atoms with E-state index in [-0.39, 0.29) is 0 Å². The number of aromatic nitrogens is 3. The van der Waals surface area contributed by atoms with Crippen LogP contribution < -0.4 is 20.4 Å². The molecule has 3 aromatic carbocycles. The zero-order chi connectivity index (χ0) is 23.7. The van der Waals surface area contributed by atoms with Gasteiger partial charge >= 0.3 is 0 Å². The van der Waals surface area contributed by atoms with Crippen molar-refractivity contribution in [2.24, 2.45) is 5.10 Å². The number of hydrogen-bond acceptors (Lipinski definition) is 9. The van der Waals surface area contributed by atoms with Crippen molar-refractivity contribution in [3.8, 4) is 11.5 Å². The Balaban J connectivity index is 1.32. The molecule has 0 radical (unpaired) electrons. The van der Waals surface area contributed by atoms with Crippen molar-refractivity contribution in [1.29, 1.82) is 0 Å². The number of para-hydroxylation sites is 2. The smallest absolute Gasteiger partial charge is 0.250 e. The molecule has 0 aliphatic carbocycles. The van der Waals surface area contributed by atoms with Crippen molar-refractivity contribution in [2.45, 2.75) is 0 Å². The number of hydrogen-bond donors (Lipinski definition) is 2. The van der Waals surface area contributed by atoms with E-state index >= 15 is 0 Å². The molecule has 9 nitrogen and oxygen atoms in total. The molecule has 2 N–H and O–H groups in total. The normalized spacial score (nSPS) is 13.5. The van der Waals surface area contributed by atoms with E-state index in [1.807, 2.05) is 84.9 Å². The first-order chi connectivity index (χ1) is 17.3. The van der Waals surface area contributed by atoms with Crippen molar-refractivity contribution >= 4 is 29.7 Å². The summed E-state index contributed by atoms with van der Waals surface area (Å²) in [7, 11) is 0. The fourth-order valence-corrected chi connectivity index (χ4v) is 3.47. The van der Waals surface area contributed by atoms with E-state index in [1.165, 1.54) is 0 Å². The molecule has 35 heavy (non-hydrogen) atoms. The first kappa shape index (κ1) is 22.3. The highest BCUT2D eigenvalue weighted by atomic mass is 16.5. The number of hydrazone groups is 1. The highest BCUT2D eigenvalue weighted by Crippen LogP contribution is 2.22. The van der Waals surface area contributed by atoms with E-state index in [9.17, 15) is 0 Å². The molecule has 0 amide bonds. The van der Waals surface area contributed by atoms with Crippen LogP contribution in [-0.4, -0.2) is 47.5 Å². The zero-order valence-corrected chi connectivity index (χ0v) is 19.0. The first-order valence-electron chi connectivity index (χ1n) is 11.3. The minimum Gasteiger partial charge on any atom is -0.457 e. The number of morpholine rings is 1. The minimum atomic E-state index is 0.341. The molecule has 1 aliphatic heterocycles. The highest BCUT2D eigenvalue weighted by molar-refractivity contribution is 5.80. The van der Waals surface area contributed by atoms with Crippen molar-refractivity contribution in [3.05, 3.63) is 90.5 Å². The lowest BCUT2D eigenvalue weighted by Gasteiger charge is -2.27. The maximum Gasteiger partial charge on any atom is 0.250 e. The van der Waals surface area contributed by atoms with Crippen LogP contribution in [0.25, 0.3) is 0 Å². The fourth-order valence-electron chi connectivity index (χ4n) is 3.47. The van der Waals surface area contributed by atoms with Crippen LogP contribution >= 0.6 is 0 Å². The third-order valence-electron chi connectivity index (χ3n) is 5.16. The van der Waals surface area contributed by atoms with Gasteiger partial charge in [0.2, 0.25) is 17.8 Å². The average Bonchev–Trinajstić information content (AvgIpc) is 2.91. The first-order valence-corrected chi connectivity index (χ1v) is 11.3. The van der Waals surface area contributed by atoms with Gasteiger partial charge in [0.25, 0.3) is 0 Å². The summed E-state index contributed by atoms with van der Waals surface area (Å²) in [5.74, 6) is 2.84. The number of nitrogens with zero attached hydrogens (tertiary/aromatic N) is 5. The van der Waals surface area contributed by atoms with Gasteiger partial charge in [-0.25, -0.2) is 5.43 Å². The summed E-state index contributed by atoms with van der Waals surface area (Å²) in [5, 5.41) is 7.57. The Morgan fingerprint density at radius 2 is 1.51 bits per heavy atom. The Morgan fingerprint density at radius 1 is 0.800 bits per heavy atom. The summed E-state index contributed by atoms with van der Waals surface area (Å²) in [4.78, 5) is 15.7. The molecule has 9 heteroatoms. The molecule has 0 saturated carbocycles. The van der Waals surface area contributed by atoms with Gasteiger partial charge < -0.3 is 19.7 Å². The topological polar surface area (TPSA) is 96.8 Å². The summed E-state index contributed by atoms with van der Waals surface area (Å²) in [6.07, 6.45) is 1.69. The molecule has 5 rings (SSSR count). The molecule has 4 aromatic rings. The van der Waals surface area contributed by atoms with E-state index < -0.39 is 0 Å². The Hall–Kier alpha value is -4.50. The van der Waals surface area contributed by atoms with Gasteiger partial charge in [-0.1, -0.05) is 48.5 Å². The number of rotatable bonds is 8. The molecular weight excluding hydrogens is 442 g/mol. The van der Waals surface area contributed by atoms with Crippen LogP contribution in [0, 0.1) is 0 Å². The molecule has 1 aliphatic rings. The second-order valence-corrected chi connectivity index (χ2v) is 7.73. The molecule has 0 unspecified atom stereocenters. The van der Waals surface area contributed by atoms with E-state index in [1.54, 1.807) is 6.21 Å². The van der Waals surface area contributed by atoms with Crippen LogP contribution in [0.5, 0.6) is 11.5 Å². The van der Waals surface area contributed by atoms with Crippen molar-refractivity contribution < 1.29 is 9.47 Å². The second kappa shape index (κ2) is 11.1. The predicted octanol–water partition coefficient (Wildman–Crippen LogP) is 4.69. The predicted molar refractivity (Wildman–Crippen MR) is 137 cm³/mol. The zero-order valence-electron chi connectivity index (χ0n) is 19.0. The maximum atomic E-state index is 5.90. The largest absolute Gasteiger partial charge is 0.457 e. The van der Waals surface area contributed by atoms with Crippen LogP contribution in [0.1, 0.15) is 5.56 Å². The summed E-state index contributed by atoms with van der Waals surface area (Å²) >= 11 is 0. The Morgan fingerprint density at radius 3 is 2.31 bits per heavy atom. The molecule has 0 spiro atoms. The van der Waals surface area contributed by atoms with Crippen LogP contribution in [0.2, 0.25) is 0 Å². The quantitative estimate of drug-likeness (QED) is 0.285. The SMILES string of the molecule is C(=N\Nc1nc(Nc2ccccc2)nc(N2CCOCC2)n1)/c1cccc(Oc2ccccc2)c1. The van der Waals surface area contributed by atoms with Gasteiger partial charge in [-0.15, -0.1) is 0 Å². The average molecular weight is 468 g/mol. The summed E-state index contributed by atoms with van der Waals surface area (Å²) < 4.78 is 11.4. The van der Waals surface area contributed by atoms with Crippen LogP contribution in [0.4, 0.5) is 23.5 Å². The third kappa shape index (κ3) is 6.30. The fraction of sp³-hybridized carbons (Fsp3) is 0.154. The van der Waals surface area contributed by atoms with Gasteiger partial charge in [0, 0.05) is 18.8 Å². The van der Waals surface area contributed by atoms with Crippen LogP contribution in [-0.2, 0) is 4.74 Å².